The molecule has 1 aromatic heterocycles. The lowest BCUT2D eigenvalue weighted by Crippen LogP contribution is -3.06. The van der Waals surface area contributed by atoms with E-state index in [4.69, 9.17) is 11.6 Å². The largest absolute Gasteiger partial charge is 0.327 e. The van der Waals surface area contributed by atoms with E-state index in [9.17, 15) is 4.79 Å². The van der Waals surface area contributed by atoms with Gasteiger partial charge in [-0.25, -0.2) is 4.98 Å². The highest BCUT2D eigenvalue weighted by molar-refractivity contribution is 6.30. The molecule has 0 radical (unpaired) electrons. The van der Waals surface area contributed by atoms with E-state index in [1.807, 2.05) is 42.5 Å². The normalized spacial score (nSPS) is 12.5. The monoisotopic (exact) mass is 314 g/mol. The van der Waals surface area contributed by atoms with Gasteiger partial charge in [-0.05, 0) is 24.3 Å². The SMILES string of the molecule is C[NH+](Cc1ccc(Cl)cc1)Cc1nc2ccccc2c(=O)[nH]1. The molecule has 4 nitrogen and oxygen atoms in total. The van der Waals surface area contributed by atoms with E-state index >= 15 is 0 Å². The molecule has 0 saturated heterocycles. The number of fused-ring (bicyclic) bond motifs is 1. The van der Waals surface area contributed by atoms with Gasteiger partial charge in [0.2, 0.25) is 0 Å². The van der Waals surface area contributed by atoms with Crippen LogP contribution in [0.4, 0.5) is 0 Å². The Balaban J connectivity index is 1.77. The maximum atomic E-state index is 12.1. The van der Waals surface area contributed by atoms with Crippen LogP contribution in [0.1, 0.15) is 11.4 Å². The van der Waals surface area contributed by atoms with Crippen LogP contribution >= 0.6 is 11.6 Å². The van der Waals surface area contributed by atoms with Crippen LogP contribution in [0.5, 0.6) is 0 Å². The lowest BCUT2D eigenvalue weighted by Gasteiger charge is -2.13. The van der Waals surface area contributed by atoms with Gasteiger partial charge in [0.15, 0.2) is 5.82 Å². The average Bonchev–Trinajstić information content (AvgIpc) is 2.49. The van der Waals surface area contributed by atoms with Gasteiger partial charge < -0.3 is 9.88 Å². The molecule has 0 bridgehead atoms. The molecule has 2 aromatic carbocycles. The minimum Gasteiger partial charge on any atom is -0.327 e. The molecule has 112 valence electrons. The predicted molar refractivity (Wildman–Crippen MR) is 88.1 cm³/mol. The minimum atomic E-state index is -0.0834. The fourth-order valence-electron chi connectivity index (χ4n) is 2.52. The highest BCUT2D eigenvalue weighted by Crippen LogP contribution is 2.08. The Morgan fingerprint density at radius 3 is 2.59 bits per heavy atom. The second-order valence-electron chi connectivity index (χ2n) is 5.47. The predicted octanol–water partition coefficient (Wildman–Crippen LogP) is 1.79. The van der Waals surface area contributed by atoms with E-state index in [0.29, 0.717) is 17.8 Å². The number of rotatable bonds is 4. The second-order valence-corrected chi connectivity index (χ2v) is 5.90. The van der Waals surface area contributed by atoms with E-state index in [0.717, 1.165) is 17.1 Å². The number of benzene rings is 2. The summed E-state index contributed by atoms with van der Waals surface area (Å²) in [5.74, 6) is 0.704. The number of H-pyrrole nitrogens is 1. The van der Waals surface area contributed by atoms with E-state index in [-0.39, 0.29) is 5.56 Å². The summed E-state index contributed by atoms with van der Waals surface area (Å²) >= 11 is 5.89. The second kappa shape index (κ2) is 6.30. The Morgan fingerprint density at radius 1 is 1.09 bits per heavy atom. The van der Waals surface area contributed by atoms with Crippen molar-refractivity contribution in [3.8, 4) is 0 Å². The lowest BCUT2D eigenvalue weighted by atomic mass is 10.2. The third-order valence-electron chi connectivity index (χ3n) is 3.55. The maximum absolute atomic E-state index is 12.1. The molecule has 0 aliphatic carbocycles. The highest BCUT2D eigenvalue weighted by atomic mass is 35.5. The minimum absolute atomic E-state index is 0.0834. The molecule has 3 aromatic rings. The number of hydrogen-bond acceptors (Lipinski definition) is 2. The molecule has 3 rings (SSSR count). The van der Waals surface area contributed by atoms with Gasteiger partial charge in [-0.15, -0.1) is 0 Å². The lowest BCUT2D eigenvalue weighted by molar-refractivity contribution is -0.908. The molecule has 1 unspecified atom stereocenters. The molecule has 0 saturated carbocycles. The number of quaternary nitrogens is 1. The van der Waals surface area contributed by atoms with Gasteiger partial charge in [0.05, 0.1) is 18.0 Å². The van der Waals surface area contributed by atoms with E-state index in [1.54, 1.807) is 6.07 Å². The zero-order valence-electron chi connectivity index (χ0n) is 12.3. The van der Waals surface area contributed by atoms with Crippen LogP contribution in [0, 0.1) is 0 Å². The smallest absolute Gasteiger partial charge is 0.258 e. The van der Waals surface area contributed by atoms with Crippen LogP contribution in [-0.4, -0.2) is 17.0 Å². The van der Waals surface area contributed by atoms with Crippen molar-refractivity contribution in [2.24, 2.45) is 0 Å². The summed E-state index contributed by atoms with van der Waals surface area (Å²) in [6, 6.07) is 15.2. The van der Waals surface area contributed by atoms with Crippen molar-refractivity contribution in [3.63, 3.8) is 0 Å². The molecule has 0 amide bonds. The van der Waals surface area contributed by atoms with Crippen molar-refractivity contribution < 1.29 is 4.90 Å². The molecule has 1 atom stereocenters. The molecule has 0 aliphatic rings. The van der Waals surface area contributed by atoms with Crippen molar-refractivity contribution in [2.45, 2.75) is 13.1 Å². The summed E-state index contributed by atoms with van der Waals surface area (Å²) < 4.78 is 0. The first-order valence-corrected chi connectivity index (χ1v) is 7.53. The van der Waals surface area contributed by atoms with Gasteiger partial charge >= 0.3 is 0 Å². The van der Waals surface area contributed by atoms with E-state index in [1.165, 1.54) is 10.5 Å². The summed E-state index contributed by atoms with van der Waals surface area (Å²) in [5.41, 5.74) is 1.85. The Kier molecular flexibility index (Phi) is 4.22. The summed E-state index contributed by atoms with van der Waals surface area (Å²) in [5, 5.41) is 1.36. The van der Waals surface area contributed by atoms with Crippen LogP contribution in [0.2, 0.25) is 5.02 Å². The first-order chi connectivity index (χ1) is 10.6. The molecule has 1 heterocycles. The standard InChI is InChI=1S/C17H16ClN3O/c1-21(10-12-6-8-13(18)9-7-12)11-16-19-15-5-3-2-4-14(15)17(22)20-16/h2-9H,10-11H2,1H3,(H,19,20,22)/p+1. The molecular formula is C17H17ClN3O+. The number of aromatic amines is 1. The van der Waals surface area contributed by atoms with Crippen LogP contribution in [0.3, 0.4) is 0 Å². The molecular weight excluding hydrogens is 298 g/mol. The summed E-state index contributed by atoms with van der Waals surface area (Å²) in [6.45, 7) is 1.50. The molecule has 5 heteroatoms. The molecule has 0 aliphatic heterocycles. The highest BCUT2D eigenvalue weighted by Gasteiger charge is 2.09. The van der Waals surface area contributed by atoms with Gasteiger partial charge in [0.25, 0.3) is 5.56 Å². The first kappa shape index (κ1) is 14.8. The van der Waals surface area contributed by atoms with Crippen LogP contribution < -0.4 is 10.5 Å². The Bertz CT molecular complexity index is 842. The number of para-hydroxylation sites is 1. The van der Waals surface area contributed by atoms with Gasteiger partial charge in [-0.3, -0.25) is 4.79 Å². The quantitative estimate of drug-likeness (QED) is 0.771. The fraction of sp³-hybridized carbons (Fsp3) is 0.176. The van der Waals surface area contributed by atoms with Gasteiger partial charge in [-0.1, -0.05) is 35.9 Å². The zero-order chi connectivity index (χ0) is 15.5. The number of hydrogen-bond donors (Lipinski definition) is 2. The third kappa shape index (κ3) is 3.35. The van der Waals surface area contributed by atoms with Gasteiger partial charge in [-0.2, -0.15) is 0 Å². The van der Waals surface area contributed by atoms with E-state index in [2.05, 4.69) is 17.0 Å². The van der Waals surface area contributed by atoms with Crippen molar-refractivity contribution >= 4 is 22.5 Å². The Morgan fingerprint density at radius 2 is 1.82 bits per heavy atom. The van der Waals surface area contributed by atoms with Crippen LogP contribution in [0.25, 0.3) is 10.9 Å². The topological polar surface area (TPSA) is 50.2 Å². The van der Waals surface area contributed by atoms with Crippen molar-refractivity contribution in [3.05, 3.63) is 75.3 Å². The number of nitrogens with one attached hydrogen (secondary N) is 2. The van der Waals surface area contributed by atoms with Gasteiger partial charge in [0, 0.05) is 10.6 Å². The molecule has 0 spiro atoms. The Hall–Kier alpha value is -2.17. The maximum Gasteiger partial charge on any atom is 0.258 e. The van der Waals surface area contributed by atoms with Crippen LogP contribution in [0.15, 0.2) is 53.3 Å². The van der Waals surface area contributed by atoms with Gasteiger partial charge in [0.1, 0.15) is 13.1 Å². The van der Waals surface area contributed by atoms with E-state index < -0.39 is 0 Å². The number of halogens is 1. The first-order valence-electron chi connectivity index (χ1n) is 7.15. The Labute approximate surface area is 133 Å². The summed E-state index contributed by atoms with van der Waals surface area (Å²) in [7, 11) is 2.07. The summed E-state index contributed by atoms with van der Waals surface area (Å²) in [4.78, 5) is 20.7. The molecule has 2 N–H and O–H groups in total. The van der Waals surface area contributed by atoms with Crippen molar-refractivity contribution in [1.29, 1.82) is 0 Å². The number of aromatic nitrogens is 2. The average molecular weight is 315 g/mol. The van der Waals surface area contributed by atoms with Crippen LogP contribution in [-0.2, 0) is 13.1 Å². The number of nitrogens with zero attached hydrogens (tertiary/aromatic N) is 1. The molecule has 22 heavy (non-hydrogen) atoms. The zero-order valence-corrected chi connectivity index (χ0v) is 13.0. The summed E-state index contributed by atoms with van der Waals surface area (Å²) in [6.07, 6.45) is 0. The van der Waals surface area contributed by atoms with Crippen molar-refractivity contribution in [1.82, 2.24) is 9.97 Å². The fourth-order valence-corrected chi connectivity index (χ4v) is 2.64. The third-order valence-corrected chi connectivity index (χ3v) is 3.80. The van der Waals surface area contributed by atoms with Crippen molar-refractivity contribution in [2.75, 3.05) is 7.05 Å². The molecule has 0 fully saturated rings.